The number of hydrogen-bond donors (Lipinski definition) is 2. The van der Waals surface area contributed by atoms with E-state index in [2.05, 4.69) is 15.3 Å². The normalized spacial score (nSPS) is 29.4. The zero-order chi connectivity index (χ0) is 22.1. The summed E-state index contributed by atoms with van der Waals surface area (Å²) < 4.78 is 39.9. The van der Waals surface area contributed by atoms with Crippen molar-refractivity contribution in [3.63, 3.8) is 0 Å². The van der Waals surface area contributed by atoms with Gasteiger partial charge in [-0.3, -0.25) is 4.79 Å². The van der Waals surface area contributed by atoms with Crippen molar-refractivity contribution in [2.75, 3.05) is 11.9 Å². The van der Waals surface area contributed by atoms with Gasteiger partial charge in [-0.2, -0.15) is 13.2 Å². The fourth-order valence-electron chi connectivity index (χ4n) is 4.54. The monoisotopic (exact) mass is 442 g/mol. The maximum absolute atomic E-state index is 13.3. The van der Waals surface area contributed by atoms with Crippen molar-refractivity contribution in [1.82, 2.24) is 9.97 Å². The first-order chi connectivity index (χ1) is 14.0. The number of carbonyl (C=O) groups is 1. The maximum atomic E-state index is 13.3. The zero-order valence-corrected chi connectivity index (χ0v) is 17.7. The minimum Gasteiger partial charge on any atom is -0.369 e. The first-order valence-electron chi connectivity index (χ1n) is 10.0. The third-order valence-electron chi connectivity index (χ3n) is 6.10. The van der Waals surface area contributed by atoms with Gasteiger partial charge in [-0.15, -0.1) is 11.6 Å². The van der Waals surface area contributed by atoms with Gasteiger partial charge in [-0.1, -0.05) is 18.2 Å². The number of aromatic nitrogens is 2. The standard InChI is InChI=1S/C21H26ClF3N4O/c1-12-9-13(2)29-19(28-12)27-11-14-3-5-15(6-4-14)20(18(26)30)10-16(21(23,24)25)7-8-17(20)22/h7-10,14-15,17H,3-6,11H2,1-2H3,(H2,26,30)(H,27,28,29). The van der Waals surface area contributed by atoms with E-state index in [1.807, 2.05) is 19.9 Å². The van der Waals surface area contributed by atoms with Crippen LogP contribution in [-0.4, -0.2) is 34.0 Å². The van der Waals surface area contributed by atoms with Crippen molar-refractivity contribution in [2.45, 2.75) is 51.1 Å². The molecule has 164 valence electrons. The molecule has 0 radical (unpaired) electrons. The Bertz CT molecular complexity index is 842. The fourth-order valence-corrected chi connectivity index (χ4v) is 4.97. The number of allylic oxidation sites excluding steroid dienone is 3. The Morgan fingerprint density at radius 3 is 2.37 bits per heavy atom. The van der Waals surface area contributed by atoms with E-state index in [4.69, 9.17) is 17.3 Å². The third kappa shape index (κ3) is 4.63. The summed E-state index contributed by atoms with van der Waals surface area (Å²) >= 11 is 6.36. The van der Waals surface area contributed by atoms with Crippen LogP contribution in [-0.2, 0) is 4.79 Å². The lowest BCUT2D eigenvalue weighted by molar-refractivity contribution is -0.128. The molecule has 3 N–H and O–H groups in total. The number of rotatable bonds is 5. The highest BCUT2D eigenvalue weighted by Crippen LogP contribution is 2.49. The van der Waals surface area contributed by atoms with E-state index in [0.29, 0.717) is 31.3 Å². The van der Waals surface area contributed by atoms with Gasteiger partial charge in [0.15, 0.2) is 0 Å². The molecule has 5 nitrogen and oxygen atoms in total. The highest BCUT2D eigenvalue weighted by molar-refractivity contribution is 6.24. The van der Waals surface area contributed by atoms with E-state index >= 15 is 0 Å². The molecule has 1 amide bonds. The number of nitrogens with zero attached hydrogens (tertiary/aromatic N) is 2. The molecule has 0 saturated heterocycles. The summed E-state index contributed by atoms with van der Waals surface area (Å²) in [7, 11) is 0. The predicted octanol–water partition coefficient (Wildman–Crippen LogP) is 4.45. The zero-order valence-electron chi connectivity index (χ0n) is 17.0. The Labute approximate surface area is 179 Å². The average molecular weight is 443 g/mol. The highest BCUT2D eigenvalue weighted by Gasteiger charge is 2.51. The molecule has 1 heterocycles. The van der Waals surface area contributed by atoms with Gasteiger partial charge in [-0.25, -0.2) is 9.97 Å². The number of primary amides is 1. The molecule has 9 heteroatoms. The topological polar surface area (TPSA) is 80.9 Å². The van der Waals surface area contributed by atoms with Crippen molar-refractivity contribution in [1.29, 1.82) is 0 Å². The van der Waals surface area contributed by atoms with Crippen LogP contribution in [0.5, 0.6) is 0 Å². The van der Waals surface area contributed by atoms with Crippen LogP contribution in [0.3, 0.4) is 0 Å². The maximum Gasteiger partial charge on any atom is 0.416 e. The van der Waals surface area contributed by atoms with Crippen molar-refractivity contribution in [3.05, 3.63) is 41.3 Å². The van der Waals surface area contributed by atoms with Crippen LogP contribution < -0.4 is 11.1 Å². The van der Waals surface area contributed by atoms with Crippen LogP contribution in [0.25, 0.3) is 0 Å². The Morgan fingerprint density at radius 2 is 1.83 bits per heavy atom. The van der Waals surface area contributed by atoms with E-state index in [-0.39, 0.29) is 5.92 Å². The molecule has 30 heavy (non-hydrogen) atoms. The summed E-state index contributed by atoms with van der Waals surface area (Å²) in [4.78, 5) is 21.1. The molecular weight excluding hydrogens is 417 g/mol. The number of aryl methyl sites for hydroxylation is 2. The van der Waals surface area contributed by atoms with Gasteiger partial charge in [-0.05, 0) is 57.4 Å². The van der Waals surface area contributed by atoms with Crippen LogP contribution in [0.1, 0.15) is 37.1 Å². The molecule has 0 bridgehead atoms. The molecule has 2 atom stereocenters. The molecule has 3 rings (SSSR count). The molecule has 2 aliphatic rings. The second-order valence-electron chi connectivity index (χ2n) is 8.23. The lowest BCUT2D eigenvalue weighted by Crippen LogP contribution is -2.50. The summed E-state index contributed by atoms with van der Waals surface area (Å²) in [6, 6.07) is 1.89. The SMILES string of the molecule is Cc1cc(C)nc(NCC2CCC(C3(C(N)=O)C=C(C(F)(F)F)C=CC3Cl)CC2)n1. The molecule has 1 fully saturated rings. The summed E-state index contributed by atoms with van der Waals surface area (Å²) in [6.45, 7) is 4.46. The van der Waals surface area contributed by atoms with Crippen molar-refractivity contribution >= 4 is 23.5 Å². The quantitative estimate of drug-likeness (QED) is 0.660. The summed E-state index contributed by atoms with van der Waals surface area (Å²) in [5.74, 6) is -0.277. The van der Waals surface area contributed by atoms with Crippen LogP contribution >= 0.6 is 11.6 Å². The van der Waals surface area contributed by atoms with Gasteiger partial charge in [0.2, 0.25) is 11.9 Å². The average Bonchev–Trinajstić information content (AvgIpc) is 2.65. The molecule has 0 spiro atoms. The molecule has 1 aromatic heterocycles. The summed E-state index contributed by atoms with van der Waals surface area (Å²) in [6.07, 6.45) is 1.21. The molecule has 0 aromatic carbocycles. The number of nitrogens with one attached hydrogen (secondary N) is 1. The molecule has 1 saturated carbocycles. The van der Waals surface area contributed by atoms with Gasteiger partial charge in [0.25, 0.3) is 0 Å². The van der Waals surface area contributed by atoms with Crippen LogP contribution in [0, 0.1) is 31.1 Å². The Kier molecular flexibility index (Phi) is 6.45. The van der Waals surface area contributed by atoms with E-state index in [1.54, 1.807) is 0 Å². The summed E-state index contributed by atoms with van der Waals surface area (Å²) in [5, 5.41) is 2.35. The number of amides is 1. The number of halogens is 4. The Hall–Kier alpha value is -2.09. The first-order valence-corrected chi connectivity index (χ1v) is 10.4. The lowest BCUT2D eigenvalue weighted by Gasteiger charge is -2.43. The third-order valence-corrected chi connectivity index (χ3v) is 6.61. The van der Waals surface area contributed by atoms with Gasteiger partial charge in [0.1, 0.15) is 0 Å². The van der Waals surface area contributed by atoms with Gasteiger partial charge in [0, 0.05) is 17.9 Å². The minimum atomic E-state index is -4.55. The van der Waals surface area contributed by atoms with Crippen LogP contribution in [0.2, 0.25) is 0 Å². The second-order valence-corrected chi connectivity index (χ2v) is 8.70. The largest absolute Gasteiger partial charge is 0.416 e. The van der Waals surface area contributed by atoms with Crippen LogP contribution in [0.15, 0.2) is 29.9 Å². The highest BCUT2D eigenvalue weighted by atomic mass is 35.5. The number of hydrogen-bond acceptors (Lipinski definition) is 4. The Morgan fingerprint density at radius 1 is 1.23 bits per heavy atom. The van der Waals surface area contributed by atoms with Crippen molar-refractivity contribution in [3.8, 4) is 0 Å². The molecule has 0 aliphatic heterocycles. The predicted molar refractivity (Wildman–Crippen MR) is 110 cm³/mol. The number of carbonyl (C=O) groups excluding carboxylic acids is 1. The number of nitrogens with two attached hydrogens (primary N) is 1. The Balaban J connectivity index is 1.69. The first kappa shape index (κ1) is 22.6. The smallest absolute Gasteiger partial charge is 0.369 e. The van der Waals surface area contributed by atoms with Gasteiger partial charge < -0.3 is 11.1 Å². The van der Waals surface area contributed by atoms with Crippen molar-refractivity contribution < 1.29 is 18.0 Å². The summed E-state index contributed by atoms with van der Waals surface area (Å²) in [5.41, 5.74) is 4.99. The van der Waals surface area contributed by atoms with E-state index in [0.717, 1.165) is 36.4 Å². The van der Waals surface area contributed by atoms with E-state index < -0.39 is 28.4 Å². The number of anilines is 1. The van der Waals surface area contributed by atoms with Crippen molar-refractivity contribution in [2.24, 2.45) is 23.0 Å². The fraction of sp³-hybridized carbons (Fsp3) is 0.571. The number of alkyl halides is 4. The van der Waals surface area contributed by atoms with Gasteiger partial charge >= 0.3 is 6.18 Å². The molecule has 2 aliphatic carbocycles. The molecular formula is C21H26ClF3N4O. The lowest BCUT2D eigenvalue weighted by atomic mass is 9.62. The van der Waals surface area contributed by atoms with Crippen LogP contribution in [0.4, 0.5) is 19.1 Å². The minimum absolute atomic E-state index is 0.301. The molecule has 2 unspecified atom stereocenters. The van der Waals surface area contributed by atoms with Gasteiger partial charge in [0.05, 0.1) is 16.4 Å². The van der Waals surface area contributed by atoms with E-state index in [1.165, 1.54) is 6.08 Å². The molecule has 1 aromatic rings. The second kappa shape index (κ2) is 8.57. The van der Waals surface area contributed by atoms with E-state index in [9.17, 15) is 18.0 Å².